The molecule has 2 aromatic rings. The molecule has 0 radical (unpaired) electrons. The van der Waals surface area contributed by atoms with Crippen molar-refractivity contribution in [2.24, 2.45) is 5.92 Å². The smallest absolute Gasteiger partial charge is 0.262 e. The van der Waals surface area contributed by atoms with E-state index in [2.05, 4.69) is 24.1 Å². The SMILES string of the molecule is CC(C)CCn1c(SCC(=O)NCC(=O)N(C)C)nc2cc(Cl)ccc2c1=O. The number of benzene rings is 1. The zero-order valence-electron chi connectivity index (χ0n) is 16.5. The summed E-state index contributed by atoms with van der Waals surface area (Å²) < 4.78 is 1.61. The molecule has 9 heteroatoms. The number of hydrogen-bond acceptors (Lipinski definition) is 5. The molecule has 1 aromatic heterocycles. The monoisotopic (exact) mass is 424 g/mol. The maximum Gasteiger partial charge on any atom is 0.262 e. The van der Waals surface area contributed by atoms with Gasteiger partial charge in [-0.25, -0.2) is 4.98 Å². The molecule has 1 aromatic carbocycles. The summed E-state index contributed by atoms with van der Waals surface area (Å²) in [5, 5.41) is 4.04. The van der Waals surface area contributed by atoms with Crippen molar-refractivity contribution in [3.05, 3.63) is 33.6 Å². The summed E-state index contributed by atoms with van der Waals surface area (Å²) in [5.41, 5.74) is 0.358. The molecule has 1 N–H and O–H groups in total. The van der Waals surface area contributed by atoms with E-state index in [1.54, 1.807) is 36.9 Å². The summed E-state index contributed by atoms with van der Waals surface area (Å²) in [4.78, 5) is 42.6. The fourth-order valence-electron chi connectivity index (χ4n) is 2.38. The van der Waals surface area contributed by atoms with E-state index >= 15 is 0 Å². The van der Waals surface area contributed by atoms with Gasteiger partial charge in [-0.05, 0) is 30.5 Å². The lowest BCUT2D eigenvalue weighted by molar-refractivity contribution is -0.130. The zero-order valence-corrected chi connectivity index (χ0v) is 18.1. The number of nitrogens with one attached hydrogen (secondary N) is 1. The molecule has 0 aliphatic heterocycles. The molecule has 0 aliphatic carbocycles. The topological polar surface area (TPSA) is 84.3 Å². The molecular weight excluding hydrogens is 400 g/mol. The van der Waals surface area contributed by atoms with E-state index in [0.717, 1.165) is 6.42 Å². The molecule has 0 spiro atoms. The van der Waals surface area contributed by atoms with Gasteiger partial charge in [-0.15, -0.1) is 0 Å². The third-order valence-electron chi connectivity index (χ3n) is 4.08. The van der Waals surface area contributed by atoms with Crippen LogP contribution in [0.3, 0.4) is 0 Å². The van der Waals surface area contributed by atoms with E-state index in [1.807, 2.05) is 0 Å². The minimum atomic E-state index is -0.295. The lowest BCUT2D eigenvalue weighted by atomic mass is 10.1. The summed E-state index contributed by atoms with van der Waals surface area (Å²) in [6, 6.07) is 4.99. The first-order valence-corrected chi connectivity index (χ1v) is 10.3. The van der Waals surface area contributed by atoms with Crippen molar-refractivity contribution >= 4 is 46.1 Å². The Morgan fingerprint density at radius 3 is 2.68 bits per heavy atom. The highest BCUT2D eigenvalue weighted by Gasteiger charge is 2.15. The largest absolute Gasteiger partial charge is 0.347 e. The Kier molecular flexibility index (Phi) is 7.88. The van der Waals surface area contributed by atoms with Crippen molar-refractivity contribution < 1.29 is 9.59 Å². The highest BCUT2D eigenvalue weighted by molar-refractivity contribution is 7.99. The lowest BCUT2D eigenvalue weighted by Gasteiger charge is -2.14. The van der Waals surface area contributed by atoms with Crippen LogP contribution in [0, 0.1) is 5.92 Å². The standard InChI is InChI=1S/C19H25ClN4O3S/c1-12(2)7-8-24-18(27)14-6-5-13(20)9-15(14)22-19(24)28-11-16(25)21-10-17(26)23(3)4/h5-6,9,12H,7-8,10-11H2,1-4H3,(H,21,25). The molecule has 0 unspecified atom stereocenters. The summed E-state index contributed by atoms with van der Waals surface area (Å²) in [7, 11) is 3.25. The number of carbonyl (C=O) groups is 2. The first kappa shape index (κ1) is 22.2. The highest BCUT2D eigenvalue weighted by Crippen LogP contribution is 2.21. The summed E-state index contributed by atoms with van der Waals surface area (Å²) in [6.07, 6.45) is 0.817. The Bertz CT molecular complexity index is 927. The van der Waals surface area contributed by atoms with E-state index in [-0.39, 0.29) is 29.7 Å². The Balaban J connectivity index is 2.23. The van der Waals surface area contributed by atoms with Gasteiger partial charge in [0, 0.05) is 25.7 Å². The second-order valence-electron chi connectivity index (χ2n) is 7.05. The fraction of sp³-hybridized carbons (Fsp3) is 0.474. The van der Waals surface area contributed by atoms with Crippen molar-refractivity contribution in [2.45, 2.75) is 32.0 Å². The Morgan fingerprint density at radius 1 is 1.32 bits per heavy atom. The van der Waals surface area contributed by atoms with E-state index in [1.165, 1.54) is 16.7 Å². The van der Waals surface area contributed by atoms with Gasteiger partial charge in [0.15, 0.2) is 5.16 Å². The number of nitrogens with zero attached hydrogens (tertiary/aromatic N) is 3. The minimum absolute atomic E-state index is 0.0564. The number of rotatable bonds is 8. The second-order valence-corrected chi connectivity index (χ2v) is 8.43. The number of aromatic nitrogens is 2. The van der Waals surface area contributed by atoms with E-state index < -0.39 is 0 Å². The van der Waals surface area contributed by atoms with Crippen LogP contribution in [0.25, 0.3) is 10.9 Å². The quantitative estimate of drug-likeness (QED) is 0.519. The third kappa shape index (κ3) is 5.97. The van der Waals surface area contributed by atoms with E-state index in [4.69, 9.17) is 11.6 Å². The van der Waals surface area contributed by atoms with Gasteiger partial charge in [0.1, 0.15) is 0 Å². The van der Waals surface area contributed by atoms with Crippen LogP contribution in [0.4, 0.5) is 0 Å². The van der Waals surface area contributed by atoms with Crippen molar-refractivity contribution in [2.75, 3.05) is 26.4 Å². The molecule has 2 amide bonds. The lowest BCUT2D eigenvalue weighted by Crippen LogP contribution is -2.37. The number of halogens is 1. The Labute approximate surface area is 173 Å². The fourth-order valence-corrected chi connectivity index (χ4v) is 3.40. The molecule has 0 fully saturated rings. The first-order chi connectivity index (χ1) is 13.2. The molecule has 0 aliphatic rings. The van der Waals surface area contributed by atoms with Gasteiger partial charge >= 0.3 is 0 Å². The van der Waals surface area contributed by atoms with Crippen molar-refractivity contribution in [3.8, 4) is 0 Å². The summed E-state index contributed by atoms with van der Waals surface area (Å²) >= 11 is 7.21. The van der Waals surface area contributed by atoms with Crippen LogP contribution in [-0.2, 0) is 16.1 Å². The predicted molar refractivity (Wildman–Crippen MR) is 113 cm³/mol. The minimum Gasteiger partial charge on any atom is -0.347 e. The molecule has 1 heterocycles. The van der Waals surface area contributed by atoms with Gasteiger partial charge < -0.3 is 10.2 Å². The molecule has 0 saturated heterocycles. The van der Waals surface area contributed by atoms with Crippen LogP contribution in [0.5, 0.6) is 0 Å². The molecule has 0 saturated carbocycles. The van der Waals surface area contributed by atoms with E-state index in [0.29, 0.717) is 33.5 Å². The van der Waals surface area contributed by atoms with Crippen LogP contribution in [0.1, 0.15) is 20.3 Å². The third-order valence-corrected chi connectivity index (χ3v) is 5.29. The average molecular weight is 425 g/mol. The van der Waals surface area contributed by atoms with Gasteiger partial charge in [-0.1, -0.05) is 37.2 Å². The highest BCUT2D eigenvalue weighted by atomic mass is 35.5. The number of fused-ring (bicyclic) bond motifs is 1. The average Bonchev–Trinajstić information content (AvgIpc) is 2.63. The maximum atomic E-state index is 12.9. The van der Waals surface area contributed by atoms with Gasteiger partial charge in [-0.3, -0.25) is 19.0 Å². The number of hydrogen-bond donors (Lipinski definition) is 1. The van der Waals surface area contributed by atoms with Crippen LogP contribution < -0.4 is 10.9 Å². The normalized spacial score (nSPS) is 11.1. The van der Waals surface area contributed by atoms with Crippen molar-refractivity contribution in [1.29, 1.82) is 0 Å². The summed E-state index contributed by atoms with van der Waals surface area (Å²) in [5.74, 6) is -0.00585. The molecule has 0 atom stereocenters. The number of likely N-dealkylation sites (N-methyl/N-ethyl adjacent to an activating group) is 1. The molecular formula is C19H25ClN4O3S. The van der Waals surface area contributed by atoms with Crippen molar-refractivity contribution in [3.63, 3.8) is 0 Å². The van der Waals surface area contributed by atoms with Gasteiger partial charge in [0.25, 0.3) is 5.56 Å². The van der Waals surface area contributed by atoms with Gasteiger partial charge in [0.05, 0.1) is 23.2 Å². The van der Waals surface area contributed by atoms with Crippen LogP contribution in [0.2, 0.25) is 5.02 Å². The van der Waals surface area contributed by atoms with Crippen molar-refractivity contribution in [1.82, 2.24) is 19.8 Å². The molecule has 28 heavy (non-hydrogen) atoms. The molecule has 152 valence electrons. The zero-order chi connectivity index (χ0) is 20.8. The van der Waals surface area contributed by atoms with Crippen LogP contribution >= 0.6 is 23.4 Å². The van der Waals surface area contributed by atoms with Gasteiger partial charge in [0.2, 0.25) is 11.8 Å². The number of carbonyl (C=O) groups excluding carboxylic acids is 2. The van der Waals surface area contributed by atoms with Crippen LogP contribution in [0.15, 0.2) is 28.2 Å². The Morgan fingerprint density at radius 2 is 2.04 bits per heavy atom. The molecule has 0 bridgehead atoms. The Hall–Kier alpha value is -2.06. The second kappa shape index (κ2) is 9.93. The van der Waals surface area contributed by atoms with E-state index in [9.17, 15) is 14.4 Å². The van der Waals surface area contributed by atoms with Crippen LogP contribution in [-0.4, -0.2) is 52.7 Å². The molecule has 7 nitrogen and oxygen atoms in total. The predicted octanol–water partition coefficient (Wildman–Crippen LogP) is 2.39. The number of amides is 2. The molecule has 2 rings (SSSR count). The van der Waals surface area contributed by atoms with Gasteiger partial charge in [-0.2, -0.15) is 0 Å². The maximum absolute atomic E-state index is 12.9. The first-order valence-electron chi connectivity index (χ1n) is 8.98. The number of thioether (sulfide) groups is 1. The summed E-state index contributed by atoms with van der Waals surface area (Å²) in [6.45, 7) is 4.63.